The van der Waals surface area contributed by atoms with Gasteiger partial charge < -0.3 is 15.1 Å². The molecule has 158 valence electrons. The van der Waals surface area contributed by atoms with E-state index in [0.717, 1.165) is 25.2 Å². The lowest BCUT2D eigenvalue weighted by molar-refractivity contribution is -0.120. The second-order valence-corrected chi connectivity index (χ2v) is 10.7. The number of rotatable bonds is 2. The average Bonchev–Trinajstić information content (AvgIpc) is 3.25. The number of nitrogens with one attached hydrogen (secondary N) is 1. The van der Waals surface area contributed by atoms with Gasteiger partial charge in [0.15, 0.2) is 11.0 Å². The van der Waals surface area contributed by atoms with Crippen molar-refractivity contribution in [2.24, 2.45) is 10.3 Å². The lowest BCUT2D eigenvalue weighted by atomic mass is 9.95. The highest BCUT2D eigenvalue weighted by atomic mass is 32.2. The molecule has 1 N–H and O–H groups in total. The van der Waals surface area contributed by atoms with Crippen molar-refractivity contribution in [2.75, 3.05) is 32.0 Å². The summed E-state index contributed by atoms with van der Waals surface area (Å²) in [6.45, 7) is 3.07. The maximum Gasteiger partial charge on any atom is 0.285 e. The standard InChI is InChI=1S/C20H23N5O3S2/c1-24-9-8-15-16(12-24)29-20(21-15)22-19(26)13-6-10-25(11-7-13)18-14-4-2-3-5-17(14)30(27,28)23-18/h2-5,13H,6-12H2,1H3,(H,21,22,26). The predicted molar refractivity (Wildman–Crippen MR) is 115 cm³/mol. The summed E-state index contributed by atoms with van der Waals surface area (Å²) in [7, 11) is -1.53. The van der Waals surface area contributed by atoms with Crippen LogP contribution in [0.3, 0.4) is 0 Å². The quantitative estimate of drug-likeness (QED) is 0.759. The van der Waals surface area contributed by atoms with Gasteiger partial charge in [-0.1, -0.05) is 12.1 Å². The number of piperidine rings is 1. The molecule has 4 heterocycles. The van der Waals surface area contributed by atoms with E-state index in [1.165, 1.54) is 4.88 Å². The first kappa shape index (κ1) is 19.7. The molecule has 8 nitrogen and oxygen atoms in total. The summed E-state index contributed by atoms with van der Waals surface area (Å²) in [5.74, 6) is 0.385. The number of likely N-dealkylation sites (tertiary alicyclic amines) is 1. The van der Waals surface area contributed by atoms with Gasteiger partial charge in [-0.25, -0.2) is 4.98 Å². The van der Waals surface area contributed by atoms with Gasteiger partial charge >= 0.3 is 0 Å². The van der Waals surface area contributed by atoms with Crippen LogP contribution in [0.5, 0.6) is 0 Å². The first-order valence-corrected chi connectivity index (χ1v) is 12.3. The fourth-order valence-electron chi connectivity index (χ4n) is 4.25. The van der Waals surface area contributed by atoms with Crippen LogP contribution in [0, 0.1) is 5.92 Å². The number of thiazole rings is 1. The van der Waals surface area contributed by atoms with Crippen molar-refractivity contribution in [3.05, 3.63) is 40.4 Å². The molecule has 0 atom stereocenters. The van der Waals surface area contributed by atoms with Crippen molar-refractivity contribution < 1.29 is 13.2 Å². The zero-order valence-electron chi connectivity index (χ0n) is 16.7. The molecule has 0 bridgehead atoms. The SMILES string of the molecule is CN1CCc2nc(NC(=O)C3CCN(C4=NS(=O)(=O)c5ccccc54)CC3)sc2C1. The van der Waals surface area contributed by atoms with Crippen LogP contribution in [0.4, 0.5) is 5.13 Å². The number of nitrogens with zero attached hydrogens (tertiary/aromatic N) is 4. The topological polar surface area (TPSA) is 95.0 Å². The number of amidine groups is 1. The Kier molecular flexibility index (Phi) is 4.87. The van der Waals surface area contributed by atoms with Crippen molar-refractivity contribution in [1.82, 2.24) is 14.8 Å². The predicted octanol–water partition coefficient (Wildman–Crippen LogP) is 1.93. The van der Waals surface area contributed by atoms with Crippen molar-refractivity contribution in [3.8, 4) is 0 Å². The van der Waals surface area contributed by atoms with Crippen molar-refractivity contribution in [3.63, 3.8) is 0 Å². The van der Waals surface area contributed by atoms with Gasteiger partial charge in [-0.05, 0) is 32.0 Å². The summed E-state index contributed by atoms with van der Waals surface area (Å²) in [6.07, 6.45) is 2.23. The van der Waals surface area contributed by atoms with E-state index in [1.807, 2.05) is 11.0 Å². The Bertz CT molecular complexity index is 1130. The molecule has 0 saturated carbocycles. The number of hydrogen-bond acceptors (Lipinski definition) is 7. The van der Waals surface area contributed by atoms with Crippen LogP contribution in [-0.2, 0) is 27.8 Å². The first-order chi connectivity index (χ1) is 14.4. The number of anilines is 1. The fraction of sp³-hybridized carbons (Fsp3) is 0.450. The molecule has 0 radical (unpaired) electrons. The number of sulfonamides is 1. The second-order valence-electron chi connectivity index (χ2n) is 8.01. The van der Waals surface area contributed by atoms with E-state index in [4.69, 9.17) is 0 Å². The van der Waals surface area contributed by atoms with Gasteiger partial charge in [0.1, 0.15) is 4.90 Å². The Balaban J connectivity index is 1.23. The van der Waals surface area contributed by atoms with Crippen LogP contribution < -0.4 is 5.32 Å². The fourth-order valence-corrected chi connectivity index (χ4v) is 6.57. The van der Waals surface area contributed by atoms with Crippen molar-refractivity contribution >= 4 is 38.2 Å². The molecule has 1 aromatic heterocycles. The first-order valence-electron chi connectivity index (χ1n) is 10.1. The number of amides is 1. The van der Waals surface area contributed by atoms with Gasteiger partial charge in [0.2, 0.25) is 5.91 Å². The largest absolute Gasteiger partial charge is 0.355 e. The monoisotopic (exact) mass is 445 g/mol. The Morgan fingerprint density at radius 1 is 1.20 bits per heavy atom. The zero-order valence-corrected chi connectivity index (χ0v) is 18.3. The number of aromatic nitrogens is 1. The maximum absolute atomic E-state index is 12.8. The summed E-state index contributed by atoms with van der Waals surface area (Å²) in [6, 6.07) is 6.91. The zero-order chi connectivity index (χ0) is 20.9. The smallest absolute Gasteiger partial charge is 0.285 e. The molecule has 3 aliphatic rings. The molecule has 1 saturated heterocycles. The normalized spacial score (nSPS) is 21.1. The molecule has 1 aromatic carbocycles. The molecule has 30 heavy (non-hydrogen) atoms. The van der Waals surface area contributed by atoms with E-state index in [0.29, 0.717) is 42.5 Å². The Hall–Kier alpha value is -2.30. The molecule has 0 aliphatic carbocycles. The summed E-state index contributed by atoms with van der Waals surface area (Å²) in [5, 5.41) is 3.69. The van der Waals surface area contributed by atoms with Crippen LogP contribution >= 0.6 is 11.3 Å². The van der Waals surface area contributed by atoms with Crippen LogP contribution in [0.1, 0.15) is 29.0 Å². The minimum Gasteiger partial charge on any atom is -0.355 e. The number of benzene rings is 1. The summed E-state index contributed by atoms with van der Waals surface area (Å²) < 4.78 is 28.6. The van der Waals surface area contributed by atoms with Crippen LogP contribution in [0.25, 0.3) is 0 Å². The van der Waals surface area contributed by atoms with Crippen LogP contribution in [-0.4, -0.2) is 61.6 Å². The van der Waals surface area contributed by atoms with E-state index >= 15 is 0 Å². The van der Waals surface area contributed by atoms with Crippen LogP contribution in [0.15, 0.2) is 33.6 Å². The molecular weight excluding hydrogens is 422 g/mol. The summed E-state index contributed by atoms with van der Waals surface area (Å²) in [4.78, 5) is 23.1. The van der Waals surface area contributed by atoms with Gasteiger partial charge in [0.05, 0.1) is 5.69 Å². The molecule has 1 fully saturated rings. The number of fused-ring (bicyclic) bond motifs is 2. The minimum atomic E-state index is -3.62. The minimum absolute atomic E-state index is 0.00418. The molecular formula is C20H23N5O3S2. The van der Waals surface area contributed by atoms with Crippen LogP contribution in [0.2, 0.25) is 0 Å². The molecule has 3 aliphatic heterocycles. The van der Waals surface area contributed by atoms with E-state index in [-0.39, 0.29) is 16.7 Å². The lowest BCUT2D eigenvalue weighted by Gasteiger charge is -2.32. The highest BCUT2D eigenvalue weighted by Gasteiger charge is 2.34. The number of hydrogen-bond donors (Lipinski definition) is 1. The third-order valence-electron chi connectivity index (χ3n) is 5.93. The molecule has 5 rings (SSSR count). The van der Waals surface area contributed by atoms with Gasteiger partial charge in [0.25, 0.3) is 10.0 Å². The number of carbonyl (C=O) groups is 1. The van der Waals surface area contributed by atoms with E-state index < -0.39 is 10.0 Å². The van der Waals surface area contributed by atoms with E-state index in [1.54, 1.807) is 29.5 Å². The van der Waals surface area contributed by atoms with E-state index in [9.17, 15) is 13.2 Å². The highest BCUT2D eigenvalue weighted by molar-refractivity contribution is 7.90. The van der Waals surface area contributed by atoms with Gasteiger partial charge in [-0.3, -0.25) is 4.79 Å². The molecule has 0 spiro atoms. The second kappa shape index (κ2) is 7.44. The van der Waals surface area contributed by atoms with Crippen molar-refractivity contribution in [1.29, 1.82) is 0 Å². The summed E-state index contributed by atoms with van der Waals surface area (Å²) >= 11 is 1.56. The Morgan fingerprint density at radius 3 is 2.77 bits per heavy atom. The molecule has 0 unspecified atom stereocenters. The maximum atomic E-state index is 12.8. The van der Waals surface area contributed by atoms with Gasteiger partial charge in [-0.15, -0.1) is 15.7 Å². The average molecular weight is 446 g/mol. The molecule has 2 aromatic rings. The molecule has 10 heteroatoms. The third kappa shape index (κ3) is 3.52. The number of likely N-dealkylation sites (N-methyl/N-ethyl adjacent to an activating group) is 1. The number of carbonyl (C=O) groups excluding carboxylic acids is 1. The van der Waals surface area contributed by atoms with Crippen molar-refractivity contribution in [2.45, 2.75) is 30.7 Å². The molecule has 1 amide bonds. The van der Waals surface area contributed by atoms with E-state index in [2.05, 4.69) is 26.6 Å². The van der Waals surface area contributed by atoms with Gasteiger partial charge in [0, 0.05) is 49.0 Å². The highest BCUT2D eigenvalue weighted by Crippen LogP contribution is 2.31. The Morgan fingerprint density at radius 2 is 1.97 bits per heavy atom. The third-order valence-corrected chi connectivity index (χ3v) is 8.25. The Labute approximate surface area is 179 Å². The summed E-state index contributed by atoms with van der Waals surface area (Å²) in [5.41, 5.74) is 1.75. The lowest BCUT2D eigenvalue weighted by Crippen LogP contribution is -2.41. The van der Waals surface area contributed by atoms with Gasteiger partial charge in [-0.2, -0.15) is 8.42 Å².